The fraction of sp³-hybridized carbons (Fsp3) is 0.294. The van der Waals surface area contributed by atoms with Crippen molar-refractivity contribution in [2.45, 2.75) is 33.2 Å². The Balaban J connectivity index is 2.15. The molecule has 116 valence electrons. The number of pyridine rings is 1. The van der Waals surface area contributed by atoms with Crippen LogP contribution in [0.1, 0.15) is 36.7 Å². The van der Waals surface area contributed by atoms with E-state index < -0.39 is 0 Å². The molecule has 2 N–H and O–H groups in total. The molecule has 0 aliphatic carbocycles. The number of hydrogen-bond donors (Lipinski definition) is 2. The van der Waals surface area contributed by atoms with Crippen LogP contribution in [-0.4, -0.2) is 16.4 Å². The van der Waals surface area contributed by atoms with Crippen molar-refractivity contribution in [3.8, 4) is 0 Å². The minimum absolute atomic E-state index is 0.107. The molecular formula is C17H20BrN3O. The predicted molar refractivity (Wildman–Crippen MR) is 94.4 cm³/mol. The van der Waals surface area contributed by atoms with Gasteiger partial charge in [-0.3, -0.25) is 4.79 Å². The van der Waals surface area contributed by atoms with E-state index in [-0.39, 0.29) is 11.4 Å². The molecule has 5 heteroatoms. The average molecular weight is 362 g/mol. The van der Waals surface area contributed by atoms with Gasteiger partial charge in [0.1, 0.15) is 5.82 Å². The van der Waals surface area contributed by atoms with Gasteiger partial charge in [-0.2, -0.15) is 0 Å². The normalized spacial score (nSPS) is 11.1. The minimum Gasteiger partial charge on any atom is -0.365 e. The third-order valence-electron chi connectivity index (χ3n) is 2.95. The molecule has 0 bridgehead atoms. The van der Waals surface area contributed by atoms with Crippen LogP contribution in [0, 0.1) is 6.92 Å². The highest BCUT2D eigenvalue weighted by atomic mass is 79.9. The van der Waals surface area contributed by atoms with Gasteiger partial charge < -0.3 is 10.6 Å². The summed E-state index contributed by atoms with van der Waals surface area (Å²) >= 11 is 3.47. The lowest BCUT2D eigenvalue weighted by atomic mass is 10.1. The maximum Gasteiger partial charge on any atom is 0.255 e. The molecule has 0 aliphatic rings. The number of hydrogen-bond acceptors (Lipinski definition) is 3. The standard InChI is InChI=1S/C17H20BrN3O/c1-11-5-6-13(10-14(11)18)20-16(22)12-7-8-19-15(9-12)21-17(2,3)4/h5-10H,1-4H3,(H,19,21)(H,20,22). The first-order valence-electron chi connectivity index (χ1n) is 7.06. The number of anilines is 2. The Hall–Kier alpha value is -1.88. The fourth-order valence-corrected chi connectivity index (χ4v) is 2.28. The Labute approximate surface area is 139 Å². The number of nitrogens with zero attached hydrogens (tertiary/aromatic N) is 1. The third kappa shape index (κ3) is 4.56. The van der Waals surface area contributed by atoms with E-state index in [2.05, 4.69) is 31.5 Å². The van der Waals surface area contributed by atoms with Crippen LogP contribution in [0.4, 0.5) is 11.5 Å². The van der Waals surface area contributed by atoms with E-state index in [1.54, 1.807) is 18.3 Å². The zero-order valence-corrected chi connectivity index (χ0v) is 14.8. The second-order valence-corrected chi connectivity index (χ2v) is 7.08. The number of carbonyl (C=O) groups excluding carboxylic acids is 1. The van der Waals surface area contributed by atoms with E-state index in [4.69, 9.17) is 0 Å². The van der Waals surface area contributed by atoms with E-state index in [0.29, 0.717) is 11.4 Å². The summed E-state index contributed by atoms with van der Waals surface area (Å²) in [5.41, 5.74) is 2.34. The molecule has 1 aromatic carbocycles. The summed E-state index contributed by atoms with van der Waals surface area (Å²) in [5.74, 6) is 0.528. The number of nitrogens with one attached hydrogen (secondary N) is 2. The summed E-state index contributed by atoms with van der Waals surface area (Å²) < 4.78 is 0.968. The summed E-state index contributed by atoms with van der Waals surface area (Å²) in [4.78, 5) is 16.6. The van der Waals surface area contributed by atoms with E-state index in [0.717, 1.165) is 15.7 Å². The number of amides is 1. The number of aromatic nitrogens is 1. The second kappa shape index (κ2) is 6.48. The van der Waals surface area contributed by atoms with E-state index in [1.165, 1.54) is 0 Å². The summed E-state index contributed by atoms with van der Waals surface area (Å²) in [6.07, 6.45) is 1.63. The summed E-state index contributed by atoms with van der Waals surface area (Å²) in [6.45, 7) is 8.14. The van der Waals surface area contributed by atoms with Crippen molar-refractivity contribution in [3.05, 3.63) is 52.1 Å². The van der Waals surface area contributed by atoms with Crippen LogP contribution in [0.15, 0.2) is 41.0 Å². The highest BCUT2D eigenvalue weighted by molar-refractivity contribution is 9.10. The Kier molecular flexibility index (Phi) is 4.86. The zero-order chi connectivity index (χ0) is 16.3. The van der Waals surface area contributed by atoms with E-state index in [9.17, 15) is 4.79 Å². The largest absolute Gasteiger partial charge is 0.365 e. The quantitative estimate of drug-likeness (QED) is 0.838. The fourth-order valence-electron chi connectivity index (χ4n) is 1.90. The summed E-state index contributed by atoms with van der Waals surface area (Å²) in [6, 6.07) is 9.19. The monoisotopic (exact) mass is 361 g/mol. The van der Waals surface area contributed by atoms with Gasteiger partial charge in [0, 0.05) is 27.5 Å². The van der Waals surface area contributed by atoms with Crippen molar-refractivity contribution in [2.75, 3.05) is 10.6 Å². The zero-order valence-electron chi connectivity index (χ0n) is 13.2. The lowest BCUT2D eigenvalue weighted by Gasteiger charge is -2.21. The number of rotatable bonds is 3. The highest BCUT2D eigenvalue weighted by Crippen LogP contribution is 2.21. The molecule has 0 saturated carbocycles. The molecule has 0 fully saturated rings. The molecule has 22 heavy (non-hydrogen) atoms. The van der Waals surface area contributed by atoms with Crippen molar-refractivity contribution in [2.24, 2.45) is 0 Å². The van der Waals surface area contributed by atoms with Crippen LogP contribution >= 0.6 is 15.9 Å². The van der Waals surface area contributed by atoms with Crippen LogP contribution in [0.2, 0.25) is 0 Å². The molecule has 4 nitrogen and oxygen atoms in total. The number of benzene rings is 1. The minimum atomic E-state index is -0.157. The average Bonchev–Trinajstić information content (AvgIpc) is 2.41. The molecule has 0 atom stereocenters. The van der Waals surface area contributed by atoms with Gasteiger partial charge in [-0.05, 0) is 57.5 Å². The van der Waals surface area contributed by atoms with Gasteiger partial charge in [0.2, 0.25) is 0 Å². The first-order chi connectivity index (χ1) is 10.2. The summed E-state index contributed by atoms with van der Waals surface area (Å²) in [5, 5.41) is 6.15. The Bertz CT molecular complexity index is 693. The molecule has 0 spiro atoms. The lowest BCUT2D eigenvalue weighted by molar-refractivity contribution is 0.102. The van der Waals surface area contributed by atoms with Gasteiger partial charge in [-0.15, -0.1) is 0 Å². The van der Waals surface area contributed by atoms with Gasteiger partial charge in [0.25, 0.3) is 5.91 Å². The van der Waals surface area contributed by atoms with Crippen LogP contribution in [0.5, 0.6) is 0 Å². The number of aryl methyl sites for hydroxylation is 1. The van der Waals surface area contributed by atoms with Crippen LogP contribution in [-0.2, 0) is 0 Å². The first kappa shape index (κ1) is 16.5. The first-order valence-corrected chi connectivity index (χ1v) is 7.86. The van der Waals surface area contributed by atoms with Crippen molar-refractivity contribution in [1.29, 1.82) is 0 Å². The predicted octanol–water partition coefficient (Wildman–Crippen LogP) is 4.62. The van der Waals surface area contributed by atoms with Crippen LogP contribution < -0.4 is 10.6 Å². The molecule has 1 amide bonds. The molecule has 0 saturated heterocycles. The highest BCUT2D eigenvalue weighted by Gasteiger charge is 2.12. The van der Waals surface area contributed by atoms with Crippen molar-refractivity contribution in [1.82, 2.24) is 4.98 Å². The summed E-state index contributed by atoms with van der Waals surface area (Å²) in [7, 11) is 0. The van der Waals surface area contributed by atoms with Gasteiger partial charge in [0.15, 0.2) is 0 Å². The van der Waals surface area contributed by atoms with E-state index in [1.807, 2.05) is 45.9 Å². The maximum absolute atomic E-state index is 12.3. The van der Waals surface area contributed by atoms with Gasteiger partial charge in [-0.1, -0.05) is 22.0 Å². The molecule has 2 rings (SSSR count). The Morgan fingerprint density at radius 2 is 1.91 bits per heavy atom. The van der Waals surface area contributed by atoms with Crippen LogP contribution in [0.25, 0.3) is 0 Å². The molecule has 1 heterocycles. The molecule has 1 aromatic heterocycles. The Morgan fingerprint density at radius 3 is 2.55 bits per heavy atom. The smallest absolute Gasteiger partial charge is 0.255 e. The van der Waals surface area contributed by atoms with Gasteiger partial charge >= 0.3 is 0 Å². The molecule has 2 aromatic rings. The van der Waals surface area contributed by atoms with Crippen molar-refractivity contribution in [3.63, 3.8) is 0 Å². The molecule has 0 radical (unpaired) electrons. The van der Waals surface area contributed by atoms with Crippen LogP contribution in [0.3, 0.4) is 0 Å². The van der Waals surface area contributed by atoms with Gasteiger partial charge in [0.05, 0.1) is 0 Å². The molecular weight excluding hydrogens is 342 g/mol. The molecule has 0 unspecified atom stereocenters. The number of halogens is 1. The second-order valence-electron chi connectivity index (χ2n) is 6.22. The van der Waals surface area contributed by atoms with Gasteiger partial charge in [-0.25, -0.2) is 4.98 Å². The lowest BCUT2D eigenvalue weighted by Crippen LogP contribution is -2.26. The van der Waals surface area contributed by atoms with E-state index >= 15 is 0 Å². The third-order valence-corrected chi connectivity index (χ3v) is 3.81. The SMILES string of the molecule is Cc1ccc(NC(=O)c2ccnc(NC(C)(C)C)c2)cc1Br. The number of carbonyl (C=O) groups is 1. The molecule has 0 aliphatic heterocycles. The topological polar surface area (TPSA) is 54.0 Å². The maximum atomic E-state index is 12.3. The van der Waals surface area contributed by atoms with Crippen molar-refractivity contribution >= 4 is 33.3 Å². The van der Waals surface area contributed by atoms with Crippen molar-refractivity contribution < 1.29 is 4.79 Å². The Morgan fingerprint density at radius 1 is 1.18 bits per heavy atom.